The third-order valence-electron chi connectivity index (χ3n) is 4.16. The van der Waals surface area contributed by atoms with Crippen LogP contribution >= 0.6 is 0 Å². The molecule has 0 unspecified atom stereocenters. The first-order valence-electron chi connectivity index (χ1n) is 7.56. The highest BCUT2D eigenvalue weighted by atomic mass is 15.5. The van der Waals surface area contributed by atoms with Crippen LogP contribution in [0.4, 0.5) is 5.82 Å². The van der Waals surface area contributed by atoms with Gasteiger partial charge in [-0.15, -0.1) is 5.10 Å². The molecule has 0 radical (unpaired) electrons. The van der Waals surface area contributed by atoms with E-state index in [1.165, 1.54) is 31.2 Å². The topological polar surface area (TPSA) is 59.2 Å². The fourth-order valence-electron chi connectivity index (χ4n) is 3.05. The van der Waals surface area contributed by atoms with Crippen molar-refractivity contribution in [2.45, 2.75) is 32.6 Å². The molecule has 1 aromatic carbocycles. The Hall–Kier alpha value is -2.24. The average Bonchev–Trinajstić information content (AvgIpc) is 2.83. The fourth-order valence-corrected chi connectivity index (χ4v) is 3.05. The van der Waals surface area contributed by atoms with E-state index in [1.54, 1.807) is 0 Å². The van der Waals surface area contributed by atoms with E-state index in [4.69, 9.17) is 4.98 Å². The van der Waals surface area contributed by atoms with Crippen molar-refractivity contribution >= 4 is 22.5 Å². The van der Waals surface area contributed by atoms with Crippen LogP contribution < -0.4 is 4.90 Å². The third kappa shape index (κ3) is 2.11. The van der Waals surface area contributed by atoms with Gasteiger partial charge in [0.05, 0.1) is 11.0 Å². The van der Waals surface area contributed by atoms with Crippen LogP contribution in [0.3, 0.4) is 0 Å². The predicted octanol–water partition coefficient (Wildman–Crippen LogP) is 2.36. The smallest absolute Gasteiger partial charge is 0.222 e. The number of aryl methyl sites for hydroxylation is 1. The third-order valence-corrected chi connectivity index (χ3v) is 4.16. The van der Waals surface area contributed by atoms with E-state index < -0.39 is 0 Å². The second kappa shape index (κ2) is 4.95. The highest BCUT2D eigenvalue weighted by Crippen LogP contribution is 2.25. The van der Waals surface area contributed by atoms with Gasteiger partial charge in [0.15, 0.2) is 5.82 Å². The summed E-state index contributed by atoms with van der Waals surface area (Å²) in [5, 5.41) is 12.2. The summed E-state index contributed by atoms with van der Waals surface area (Å²) < 4.78 is 1.82. The summed E-state index contributed by atoms with van der Waals surface area (Å²) in [5.74, 6) is 0.915. The summed E-state index contributed by atoms with van der Waals surface area (Å²) in [6, 6.07) is 6.21. The SMILES string of the molecule is Cc1ccc2nc(N3CCCCCC3)c3nnnn3c2c1. The van der Waals surface area contributed by atoms with Crippen molar-refractivity contribution in [3.63, 3.8) is 0 Å². The van der Waals surface area contributed by atoms with E-state index in [0.717, 1.165) is 35.6 Å². The van der Waals surface area contributed by atoms with Crippen molar-refractivity contribution in [1.82, 2.24) is 25.0 Å². The van der Waals surface area contributed by atoms with E-state index in [-0.39, 0.29) is 0 Å². The summed E-state index contributed by atoms with van der Waals surface area (Å²) >= 11 is 0. The van der Waals surface area contributed by atoms with E-state index >= 15 is 0 Å². The van der Waals surface area contributed by atoms with Gasteiger partial charge in [-0.2, -0.15) is 4.52 Å². The van der Waals surface area contributed by atoms with E-state index in [9.17, 15) is 0 Å². The maximum Gasteiger partial charge on any atom is 0.222 e. The predicted molar refractivity (Wildman–Crippen MR) is 81.5 cm³/mol. The summed E-state index contributed by atoms with van der Waals surface area (Å²) in [5.41, 5.74) is 3.85. The summed E-state index contributed by atoms with van der Waals surface area (Å²) in [7, 11) is 0. The Morgan fingerprint density at radius 3 is 2.67 bits per heavy atom. The molecule has 0 N–H and O–H groups in total. The molecule has 1 saturated heterocycles. The highest BCUT2D eigenvalue weighted by molar-refractivity contribution is 5.82. The van der Waals surface area contributed by atoms with Crippen molar-refractivity contribution in [2.24, 2.45) is 0 Å². The van der Waals surface area contributed by atoms with Crippen LogP contribution in [0.1, 0.15) is 31.2 Å². The van der Waals surface area contributed by atoms with Crippen molar-refractivity contribution in [3.8, 4) is 0 Å². The van der Waals surface area contributed by atoms with Gasteiger partial charge in [0.1, 0.15) is 0 Å². The second-order valence-corrected chi connectivity index (χ2v) is 5.74. The van der Waals surface area contributed by atoms with Gasteiger partial charge in [-0.25, -0.2) is 4.98 Å². The van der Waals surface area contributed by atoms with Gasteiger partial charge < -0.3 is 4.90 Å². The van der Waals surface area contributed by atoms with Crippen molar-refractivity contribution in [3.05, 3.63) is 23.8 Å². The monoisotopic (exact) mass is 282 g/mol. The molecule has 4 rings (SSSR count). The van der Waals surface area contributed by atoms with Gasteiger partial charge in [-0.1, -0.05) is 18.9 Å². The van der Waals surface area contributed by atoms with Gasteiger partial charge in [0, 0.05) is 13.1 Å². The zero-order chi connectivity index (χ0) is 14.2. The number of rotatable bonds is 1. The van der Waals surface area contributed by atoms with Gasteiger partial charge in [0.2, 0.25) is 5.65 Å². The quantitative estimate of drug-likeness (QED) is 0.685. The van der Waals surface area contributed by atoms with Crippen molar-refractivity contribution < 1.29 is 0 Å². The number of hydrogen-bond acceptors (Lipinski definition) is 5. The van der Waals surface area contributed by atoms with E-state index in [2.05, 4.69) is 39.5 Å². The molecule has 0 bridgehead atoms. The minimum absolute atomic E-state index is 0.759. The first-order chi connectivity index (χ1) is 10.3. The number of fused-ring (bicyclic) bond motifs is 3. The lowest BCUT2D eigenvalue weighted by molar-refractivity contribution is 0.726. The van der Waals surface area contributed by atoms with Gasteiger partial charge >= 0.3 is 0 Å². The summed E-state index contributed by atoms with van der Waals surface area (Å²) in [4.78, 5) is 7.18. The number of tetrazole rings is 1. The van der Waals surface area contributed by atoms with Gasteiger partial charge in [0.25, 0.3) is 0 Å². The molecule has 1 fully saturated rings. The van der Waals surface area contributed by atoms with E-state index in [0.29, 0.717) is 0 Å². The average molecular weight is 282 g/mol. The molecule has 1 aliphatic rings. The van der Waals surface area contributed by atoms with Crippen molar-refractivity contribution in [1.29, 1.82) is 0 Å². The lowest BCUT2D eigenvalue weighted by Gasteiger charge is -2.21. The maximum absolute atomic E-state index is 4.84. The Balaban J connectivity index is 1.94. The molecule has 21 heavy (non-hydrogen) atoms. The fraction of sp³-hybridized carbons (Fsp3) is 0.467. The lowest BCUT2D eigenvalue weighted by atomic mass is 10.2. The van der Waals surface area contributed by atoms with Crippen LogP contribution in [0.15, 0.2) is 18.2 Å². The maximum atomic E-state index is 4.84. The molecule has 3 heterocycles. The molecule has 0 aliphatic carbocycles. The van der Waals surface area contributed by atoms with Gasteiger partial charge in [-0.05, 0) is 47.9 Å². The first-order valence-corrected chi connectivity index (χ1v) is 7.56. The molecule has 2 aromatic heterocycles. The van der Waals surface area contributed by atoms with Crippen molar-refractivity contribution in [2.75, 3.05) is 18.0 Å². The minimum atomic E-state index is 0.759. The first kappa shape index (κ1) is 12.5. The highest BCUT2D eigenvalue weighted by Gasteiger charge is 2.18. The van der Waals surface area contributed by atoms with Crippen LogP contribution in [0, 0.1) is 6.92 Å². The molecule has 6 nitrogen and oxygen atoms in total. The zero-order valence-corrected chi connectivity index (χ0v) is 12.2. The Morgan fingerprint density at radius 1 is 1.05 bits per heavy atom. The Kier molecular flexibility index (Phi) is 2.94. The Labute approximate surface area is 122 Å². The van der Waals surface area contributed by atoms with Crippen LogP contribution in [0.2, 0.25) is 0 Å². The number of hydrogen-bond donors (Lipinski definition) is 0. The molecule has 3 aromatic rings. The van der Waals surface area contributed by atoms with Crippen LogP contribution in [0.5, 0.6) is 0 Å². The Bertz CT molecular complexity index is 785. The standard InChI is InChI=1S/C15H18N6/c1-11-6-7-12-13(10-11)21-15(17-18-19-21)14(16-12)20-8-4-2-3-5-9-20/h6-7,10H,2-5,8-9H2,1H3. The number of nitrogens with zero attached hydrogens (tertiary/aromatic N) is 6. The van der Waals surface area contributed by atoms with Gasteiger partial charge in [-0.3, -0.25) is 0 Å². The number of anilines is 1. The number of aromatic nitrogens is 5. The van der Waals surface area contributed by atoms with E-state index in [1.807, 2.05) is 10.6 Å². The summed E-state index contributed by atoms with van der Waals surface area (Å²) in [6.07, 6.45) is 5.01. The zero-order valence-electron chi connectivity index (χ0n) is 12.2. The summed E-state index contributed by atoms with van der Waals surface area (Å²) in [6.45, 7) is 4.14. The van der Waals surface area contributed by atoms with Crippen LogP contribution in [-0.2, 0) is 0 Å². The number of benzene rings is 1. The Morgan fingerprint density at radius 2 is 1.86 bits per heavy atom. The second-order valence-electron chi connectivity index (χ2n) is 5.74. The molecule has 108 valence electrons. The largest absolute Gasteiger partial charge is 0.353 e. The lowest BCUT2D eigenvalue weighted by Crippen LogP contribution is -2.25. The molecule has 0 atom stereocenters. The van der Waals surface area contributed by atoms with Crippen LogP contribution in [-0.4, -0.2) is 38.1 Å². The molecule has 0 saturated carbocycles. The molecule has 0 spiro atoms. The van der Waals surface area contributed by atoms with Crippen LogP contribution in [0.25, 0.3) is 16.7 Å². The molecule has 6 heteroatoms. The normalized spacial score (nSPS) is 16.5. The molecule has 0 amide bonds. The molecule has 1 aliphatic heterocycles. The molecular formula is C15H18N6. The molecular weight excluding hydrogens is 264 g/mol. The minimum Gasteiger partial charge on any atom is -0.353 e.